The zero-order valence-electron chi connectivity index (χ0n) is 9.07. The van der Waals surface area contributed by atoms with Crippen LogP contribution in [0.25, 0.3) is 6.08 Å². The van der Waals surface area contributed by atoms with Crippen molar-refractivity contribution in [2.24, 2.45) is 5.92 Å². The van der Waals surface area contributed by atoms with E-state index in [9.17, 15) is 0 Å². The van der Waals surface area contributed by atoms with Gasteiger partial charge in [0.2, 0.25) is 0 Å². The third-order valence-electron chi connectivity index (χ3n) is 2.52. The van der Waals surface area contributed by atoms with Gasteiger partial charge in [0.25, 0.3) is 0 Å². The molecule has 2 atom stereocenters. The van der Waals surface area contributed by atoms with Gasteiger partial charge in [0.05, 0.1) is 0 Å². The second kappa shape index (κ2) is 5.55. The molecule has 2 nitrogen and oxygen atoms in total. The second-order valence-electron chi connectivity index (χ2n) is 3.58. The van der Waals surface area contributed by atoms with Crippen LogP contribution in [0.5, 0.6) is 0 Å². The Hall–Kier alpha value is -1.15. The molecule has 0 saturated heterocycles. The largest absolute Gasteiger partial charge is 0.317 e. The van der Waals surface area contributed by atoms with E-state index < -0.39 is 0 Å². The Labute approximate surface area is 86.1 Å². The van der Waals surface area contributed by atoms with Crippen LogP contribution in [0.4, 0.5) is 0 Å². The predicted molar refractivity (Wildman–Crippen MR) is 61.0 cm³/mol. The van der Waals surface area contributed by atoms with Gasteiger partial charge in [-0.05, 0) is 31.5 Å². The maximum atomic E-state index is 4.06. The Morgan fingerprint density at radius 1 is 1.43 bits per heavy atom. The molecule has 0 aliphatic carbocycles. The summed E-state index contributed by atoms with van der Waals surface area (Å²) in [6.45, 7) is 4.38. The topological polar surface area (TPSA) is 24.9 Å². The summed E-state index contributed by atoms with van der Waals surface area (Å²) >= 11 is 0. The lowest BCUT2D eigenvalue weighted by molar-refractivity contribution is 0.500. The number of rotatable bonds is 4. The molecule has 0 bridgehead atoms. The van der Waals surface area contributed by atoms with Crippen molar-refractivity contribution in [3.8, 4) is 0 Å². The lowest BCUT2D eigenvalue weighted by Crippen LogP contribution is -2.27. The molecule has 1 N–H and O–H groups in total. The summed E-state index contributed by atoms with van der Waals surface area (Å²) in [6.07, 6.45) is 7.98. The molecule has 0 saturated carbocycles. The molecule has 1 aromatic heterocycles. The highest BCUT2D eigenvalue weighted by Crippen LogP contribution is 2.07. The van der Waals surface area contributed by atoms with Gasteiger partial charge in [-0.2, -0.15) is 0 Å². The van der Waals surface area contributed by atoms with Crippen LogP contribution in [0.3, 0.4) is 0 Å². The Morgan fingerprint density at radius 3 is 2.79 bits per heavy atom. The standard InChI is InChI=1S/C12H18N2/c1-10(11(2)13-3)6-7-12-5-4-8-14-9-12/h4-11,13H,1-3H3/b7-6-. The average molecular weight is 190 g/mol. The van der Waals surface area contributed by atoms with E-state index >= 15 is 0 Å². The first-order chi connectivity index (χ1) is 6.74. The molecule has 0 aromatic carbocycles. The normalized spacial score (nSPS) is 15.6. The SMILES string of the molecule is CNC(C)C(C)/C=C\c1cccnc1. The van der Waals surface area contributed by atoms with Crippen LogP contribution >= 0.6 is 0 Å². The average Bonchev–Trinajstić information content (AvgIpc) is 2.26. The Bertz CT molecular complexity index is 280. The van der Waals surface area contributed by atoms with Crippen LogP contribution in [0, 0.1) is 5.92 Å². The van der Waals surface area contributed by atoms with E-state index in [1.807, 2.05) is 19.3 Å². The molecule has 2 heteroatoms. The van der Waals surface area contributed by atoms with Crippen molar-refractivity contribution in [2.45, 2.75) is 19.9 Å². The van der Waals surface area contributed by atoms with E-state index in [4.69, 9.17) is 0 Å². The van der Waals surface area contributed by atoms with Crippen LogP contribution in [-0.4, -0.2) is 18.1 Å². The van der Waals surface area contributed by atoms with Gasteiger partial charge in [0.15, 0.2) is 0 Å². The first-order valence-electron chi connectivity index (χ1n) is 4.99. The molecule has 2 unspecified atom stereocenters. The number of hydrogen-bond donors (Lipinski definition) is 1. The minimum Gasteiger partial charge on any atom is -0.317 e. The van der Waals surface area contributed by atoms with E-state index in [0.717, 1.165) is 5.56 Å². The highest BCUT2D eigenvalue weighted by molar-refractivity contribution is 5.47. The summed E-state index contributed by atoms with van der Waals surface area (Å²) in [7, 11) is 1.99. The molecular weight excluding hydrogens is 172 g/mol. The van der Waals surface area contributed by atoms with Gasteiger partial charge in [-0.15, -0.1) is 0 Å². The van der Waals surface area contributed by atoms with Crippen molar-refractivity contribution in [2.75, 3.05) is 7.05 Å². The molecule has 1 heterocycles. The molecule has 0 amide bonds. The van der Waals surface area contributed by atoms with Gasteiger partial charge in [-0.3, -0.25) is 4.98 Å². The maximum absolute atomic E-state index is 4.06. The minimum absolute atomic E-state index is 0.503. The monoisotopic (exact) mass is 190 g/mol. The summed E-state index contributed by atoms with van der Waals surface area (Å²) in [6, 6.07) is 4.51. The lowest BCUT2D eigenvalue weighted by atomic mass is 10.0. The zero-order chi connectivity index (χ0) is 10.4. The quantitative estimate of drug-likeness (QED) is 0.788. The molecule has 76 valence electrons. The number of pyridine rings is 1. The smallest absolute Gasteiger partial charge is 0.0340 e. The van der Waals surface area contributed by atoms with Crippen molar-refractivity contribution >= 4 is 6.08 Å². The zero-order valence-corrected chi connectivity index (χ0v) is 9.07. The number of nitrogens with one attached hydrogen (secondary N) is 1. The summed E-state index contributed by atoms with van der Waals surface area (Å²) in [5.41, 5.74) is 1.16. The molecule has 0 spiro atoms. The third-order valence-corrected chi connectivity index (χ3v) is 2.52. The van der Waals surface area contributed by atoms with E-state index in [1.54, 1.807) is 6.20 Å². The van der Waals surface area contributed by atoms with E-state index in [2.05, 4.69) is 42.4 Å². The highest BCUT2D eigenvalue weighted by atomic mass is 14.9. The van der Waals surface area contributed by atoms with Crippen LogP contribution in [0.1, 0.15) is 19.4 Å². The van der Waals surface area contributed by atoms with Gasteiger partial charge >= 0.3 is 0 Å². The van der Waals surface area contributed by atoms with Gasteiger partial charge in [-0.25, -0.2) is 0 Å². The highest BCUT2D eigenvalue weighted by Gasteiger charge is 2.04. The number of nitrogens with zero attached hydrogens (tertiary/aromatic N) is 1. The first-order valence-corrected chi connectivity index (χ1v) is 4.99. The molecular formula is C12H18N2. The molecule has 14 heavy (non-hydrogen) atoms. The summed E-state index contributed by atoms with van der Waals surface area (Å²) in [5.74, 6) is 0.528. The second-order valence-corrected chi connectivity index (χ2v) is 3.58. The molecule has 1 rings (SSSR count). The fraction of sp³-hybridized carbons (Fsp3) is 0.417. The van der Waals surface area contributed by atoms with Crippen LogP contribution in [-0.2, 0) is 0 Å². The number of hydrogen-bond acceptors (Lipinski definition) is 2. The Morgan fingerprint density at radius 2 is 2.21 bits per heavy atom. The van der Waals surface area contributed by atoms with Crippen molar-refractivity contribution in [3.05, 3.63) is 36.2 Å². The Balaban J connectivity index is 2.56. The van der Waals surface area contributed by atoms with Crippen molar-refractivity contribution in [1.29, 1.82) is 0 Å². The van der Waals surface area contributed by atoms with Gasteiger partial charge in [-0.1, -0.05) is 25.1 Å². The summed E-state index contributed by atoms with van der Waals surface area (Å²) < 4.78 is 0. The van der Waals surface area contributed by atoms with E-state index in [-0.39, 0.29) is 0 Å². The van der Waals surface area contributed by atoms with Gasteiger partial charge in [0.1, 0.15) is 0 Å². The first kappa shape index (κ1) is 10.9. The molecule has 0 aliphatic heterocycles. The third kappa shape index (κ3) is 3.30. The maximum Gasteiger partial charge on any atom is 0.0340 e. The van der Waals surface area contributed by atoms with Crippen molar-refractivity contribution < 1.29 is 0 Å². The van der Waals surface area contributed by atoms with Crippen molar-refractivity contribution in [1.82, 2.24) is 10.3 Å². The van der Waals surface area contributed by atoms with Crippen LogP contribution in [0.15, 0.2) is 30.6 Å². The molecule has 0 aliphatic rings. The summed E-state index contributed by atoms with van der Waals surface area (Å²) in [5, 5.41) is 3.23. The summed E-state index contributed by atoms with van der Waals surface area (Å²) in [4.78, 5) is 4.06. The van der Waals surface area contributed by atoms with Gasteiger partial charge < -0.3 is 5.32 Å². The van der Waals surface area contributed by atoms with Crippen LogP contribution in [0.2, 0.25) is 0 Å². The lowest BCUT2D eigenvalue weighted by Gasteiger charge is -2.14. The fourth-order valence-electron chi connectivity index (χ4n) is 1.17. The minimum atomic E-state index is 0.503. The fourth-order valence-corrected chi connectivity index (χ4v) is 1.17. The molecule has 1 aromatic rings. The van der Waals surface area contributed by atoms with Crippen LogP contribution < -0.4 is 5.32 Å². The molecule has 0 fully saturated rings. The van der Waals surface area contributed by atoms with Crippen molar-refractivity contribution in [3.63, 3.8) is 0 Å². The van der Waals surface area contributed by atoms with E-state index in [1.165, 1.54) is 0 Å². The van der Waals surface area contributed by atoms with Gasteiger partial charge in [0, 0.05) is 18.4 Å². The molecule has 0 radical (unpaired) electrons. The number of aromatic nitrogens is 1. The predicted octanol–water partition coefficient (Wildman–Crippen LogP) is 2.34. The Kier molecular flexibility index (Phi) is 4.33. The van der Waals surface area contributed by atoms with E-state index in [0.29, 0.717) is 12.0 Å².